The molecule has 3 aromatic rings. The smallest absolute Gasteiger partial charge is 0.416 e. The molecule has 0 amide bonds. The van der Waals surface area contributed by atoms with Crippen molar-refractivity contribution in [2.24, 2.45) is 0 Å². The molecule has 10 heteroatoms. The number of aryl methyl sites for hydroxylation is 4. The van der Waals surface area contributed by atoms with Gasteiger partial charge in [0.25, 0.3) is 0 Å². The van der Waals surface area contributed by atoms with Gasteiger partial charge in [0, 0.05) is 23.1 Å². The number of benzene rings is 2. The zero-order valence-electron chi connectivity index (χ0n) is 18.9. The Hall–Kier alpha value is -2.72. The molecule has 0 fully saturated rings. The maximum atomic E-state index is 12.9. The van der Waals surface area contributed by atoms with E-state index >= 15 is 0 Å². The normalized spacial score (nSPS) is 12.1. The Labute approximate surface area is 200 Å². The minimum atomic E-state index is -4.40. The quantitative estimate of drug-likeness (QED) is 0.289. The summed E-state index contributed by atoms with van der Waals surface area (Å²) in [6, 6.07) is 9.87. The van der Waals surface area contributed by atoms with Gasteiger partial charge in [0.05, 0.1) is 11.8 Å². The molecule has 0 bridgehead atoms. The van der Waals surface area contributed by atoms with E-state index in [9.17, 15) is 26.4 Å². The van der Waals surface area contributed by atoms with Crippen LogP contribution in [0.1, 0.15) is 28.0 Å². The van der Waals surface area contributed by atoms with Crippen LogP contribution >= 0.6 is 11.8 Å². The molecule has 0 aliphatic carbocycles. The van der Waals surface area contributed by atoms with Crippen molar-refractivity contribution >= 4 is 21.9 Å². The molecule has 0 saturated carbocycles. The fraction of sp³-hybridized carbons (Fsp3) is 0.292. The molecule has 34 heavy (non-hydrogen) atoms. The molecule has 0 saturated heterocycles. The van der Waals surface area contributed by atoms with Gasteiger partial charge in [-0.1, -0.05) is 17.7 Å². The monoisotopic (exact) mass is 512 g/mol. The Kier molecular flexibility index (Phi) is 7.52. The molecule has 0 aliphatic heterocycles. The van der Waals surface area contributed by atoms with Crippen molar-refractivity contribution in [3.63, 3.8) is 0 Å². The molecule has 0 atom stereocenters. The zero-order valence-corrected chi connectivity index (χ0v) is 20.6. The Bertz CT molecular complexity index is 1340. The second kappa shape index (κ2) is 9.87. The highest BCUT2D eigenvalue weighted by molar-refractivity contribution is 7.99. The van der Waals surface area contributed by atoms with Gasteiger partial charge in [0.15, 0.2) is 5.75 Å². The van der Waals surface area contributed by atoms with Crippen LogP contribution in [0.2, 0.25) is 0 Å². The van der Waals surface area contributed by atoms with Crippen LogP contribution in [0.15, 0.2) is 56.6 Å². The highest BCUT2D eigenvalue weighted by atomic mass is 32.2. The predicted octanol–water partition coefficient (Wildman–Crippen LogP) is 5.92. The number of hydrogen-bond acceptors (Lipinski definition) is 6. The molecule has 1 aromatic heterocycles. The van der Waals surface area contributed by atoms with E-state index in [1.54, 1.807) is 0 Å². The summed E-state index contributed by atoms with van der Waals surface area (Å²) in [6.07, 6.45) is -3.29. The van der Waals surface area contributed by atoms with Crippen LogP contribution in [0.25, 0.3) is 11.1 Å². The van der Waals surface area contributed by atoms with Gasteiger partial charge in [-0.25, -0.2) is 4.79 Å². The number of rotatable bonds is 7. The van der Waals surface area contributed by atoms with Crippen molar-refractivity contribution in [1.29, 1.82) is 0 Å². The number of hydrogen-bond donors (Lipinski definition) is 0. The van der Waals surface area contributed by atoms with E-state index in [0.29, 0.717) is 16.2 Å². The highest BCUT2D eigenvalue weighted by Gasteiger charge is 2.30. The van der Waals surface area contributed by atoms with Gasteiger partial charge in [-0.2, -0.15) is 21.6 Å². The van der Waals surface area contributed by atoms with Crippen LogP contribution < -0.4 is 9.81 Å². The maximum Gasteiger partial charge on any atom is 0.416 e. The molecular formula is C24H23F3O5S2. The van der Waals surface area contributed by atoms with Crippen molar-refractivity contribution in [3.05, 3.63) is 80.9 Å². The summed E-state index contributed by atoms with van der Waals surface area (Å²) in [4.78, 5) is 13.6. The molecule has 0 radical (unpaired) electrons. The van der Waals surface area contributed by atoms with E-state index < -0.39 is 27.5 Å². The summed E-state index contributed by atoms with van der Waals surface area (Å²) < 4.78 is 72.5. The Morgan fingerprint density at radius 3 is 2.09 bits per heavy atom. The van der Waals surface area contributed by atoms with E-state index in [0.717, 1.165) is 35.1 Å². The molecule has 2 aromatic carbocycles. The largest absolute Gasteiger partial charge is 0.427 e. The standard InChI is InChI=1S/C24H23F3O5S2/c1-14-11-15(2)21(16(3)12-14)22-20(32-34(4,29)30)13-18(31-23(22)28)9-10-33-19-7-5-17(6-8-19)24(25,26)27/h5-8,11-13H,9-10H2,1-4H3. The lowest BCUT2D eigenvalue weighted by Gasteiger charge is -2.15. The molecule has 0 aliphatic rings. The van der Waals surface area contributed by atoms with Gasteiger partial charge in [-0.3, -0.25) is 0 Å². The van der Waals surface area contributed by atoms with E-state index in [4.69, 9.17) is 8.60 Å². The Balaban J connectivity index is 1.90. The van der Waals surface area contributed by atoms with Crippen molar-refractivity contribution in [2.75, 3.05) is 12.0 Å². The highest BCUT2D eigenvalue weighted by Crippen LogP contribution is 2.35. The van der Waals surface area contributed by atoms with Crippen LogP contribution in [0.5, 0.6) is 5.75 Å². The minimum Gasteiger partial charge on any atom is -0.427 e. The van der Waals surface area contributed by atoms with E-state index in [2.05, 4.69) is 0 Å². The predicted molar refractivity (Wildman–Crippen MR) is 126 cm³/mol. The lowest BCUT2D eigenvalue weighted by molar-refractivity contribution is -0.137. The van der Waals surface area contributed by atoms with Gasteiger partial charge in [0.2, 0.25) is 0 Å². The van der Waals surface area contributed by atoms with Gasteiger partial charge >= 0.3 is 21.9 Å². The van der Waals surface area contributed by atoms with Crippen LogP contribution in [-0.4, -0.2) is 20.4 Å². The Morgan fingerprint density at radius 2 is 1.56 bits per heavy atom. The molecular weight excluding hydrogens is 489 g/mol. The average molecular weight is 513 g/mol. The minimum absolute atomic E-state index is 0.0274. The Morgan fingerprint density at radius 1 is 0.971 bits per heavy atom. The fourth-order valence-electron chi connectivity index (χ4n) is 3.68. The molecule has 0 spiro atoms. The summed E-state index contributed by atoms with van der Waals surface area (Å²) in [5.74, 6) is 0.465. The van der Waals surface area contributed by atoms with Crippen molar-refractivity contribution in [3.8, 4) is 16.9 Å². The first kappa shape index (κ1) is 25.9. The SMILES string of the molecule is Cc1cc(C)c(-c2c(OS(C)(=O)=O)cc(CCSc3ccc(C(F)(F)F)cc3)oc2=O)c(C)c1. The van der Waals surface area contributed by atoms with Crippen molar-refractivity contribution < 1.29 is 30.2 Å². The molecule has 1 heterocycles. The first-order chi connectivity index (χ1) is 15.7. The number of halogens is 3. The lowest BCUT2D eigenvalue weighted by atomic mass is 9.94. The van der Waals surface area contributed by atoms with Gasteiger partial charge < -0.3 is 8.60 Å². The molecule has 0 N–H and O–H groups in total. The summed E-state index contributed by atoms with van der Waals surface area (Å²) in [5.41, 5.74) is 1.64. The third-order valence-electron chi connectivity index (χ3n) is 4.93. The lowest BCUT2D eigenvalue weighted by Crippen LogP contribution is -2.14. The van der Waals surface area contributed by atoms with Crippen molar-refractivity contribution in [1.82, 2.24) is 0 Å². The van der Waals surface area contributed by atoms with Crippen molar-refractivity contribution in [2.45, 2.75) is 38.3 Å². The third-order valence-corrected chi connectivity index (χ3v) is 6.43. The third kappa shape index (κ3) is 6.44. The average Bonchev–Trinajstić information content (AvgIpc) is 2.68. The molecule has 3 rings (SSSR count). The maximum absolute atomic E-state index is 12.9. The second-order valence-electron chi connectivity index (χ2n) is 7.92. The van der Waals surface area contributed by atoms with Crippen LogP contribution in [0.4, 0.5) is 13.2 Å². The fourth-order valence-corrected chi connectivity index (χ4v) is 5.00. The van der Waals surface area contributed by atoms with Crippen LogP contribution in [0.3, 0.4) is 0 Å². The molecule has 0 unspecified atom stereocenters. The van der Waals surface area contributed by atoms with Gasteiger partial charge in [-0.05, 0) is 61.7 Å². The van der Waals surface area contributed by atoms with E-state index in [1.807, 2.05) is 32.9 Å². The van der Waals surface area contributed by atoms with E-state index in [1.165, 1.54) is 30.0 Å². The molecule has 5 nitrogen and oxygen atoms in total. The number of alkyl halides is 3. The van der Waals surface area contributed by atoms with E-state index in [-0.39, 0.29) is 23.5 Å². The topological polar surface area (TPSA) is 73.6 Å². The summed E-state index contributed by atoms with van der Waals surface area (Å²) in [6.45, 7) is 5.54. The van der Waals surface area contributed by atoms with Gasteiger partial charge in [-0.15, -0.1) is 11.8 Å². The second-order valence-corrected chi connectivity index (χ2v) is 10.7. The summed E-state index contributed by atoms with van der Waals surface area (Å²) in [7, 11) is -3.93. The zero-order chi connectivity index (χ0) is 25.3. The molecule has 182 valence electrons. The van der Waals surface area contributed by atoms with Crippen LogP contribution in [-0.2, 0) is 22.7 Å². The summed E-state index contributed by atoms with van der Waals surface area (Å²) >= 11 is 1.28. The van der Waals surface area contributed by atoms with Gasteiger partial charge in [0.1, 0.15) is 11.3 Å². The first-order valence-electron chi connectivity index (χ1n) is 10.2. The number of thioether (sulfide) groups is 1. The van der Waals surface area contributed by atoms with Crippen LogP contribution in [0, 0.1) is 20.8 Å². The summed E-state index contributed by atoms with van der Waals surface area (Å²) in [5, 5.41) is 0. The first-order valence-corrected chi connectivity index (χ1v) is 13.0.